The fourth-order valence-corrected chi connectivity index (χ4v) is 7.94. The van der Waals surface area contributed by atoms with Gasteiger partial charge in [0.2, 0.25) is 23.6 Å². The maximum Gasteiger partial charge on any atom is 0.249 e. The summed E-state index contributed by atoms with van der Waals surface area (Å²) < 4.78 is 17.8. The van der Waals surface area contributed by atoms with Crippen molar-refractivity contribution in [3.63, 3.8) is 0 Å². The molecule has 0 N–H and O–H groups in total. The molecule has 56 heavy (non-hydrogen) atoms. The lowest BCUT2D eigenvalue weighted by atomic mass is 10.0. The van der Waals surface area contributed by atoms with Gasteiger partial charge in [-0.15, -0.1) is 20.4 Å². The van der Waals surface area contributed by atoms with E-state index in [2.05, 4.69) is 153 Å². The second-order valence-corrected chi connectivity index (χ2v) is 14.2. The van der Waals surface area contributed by atoms with Crippen molar-refractivity contribution in [2.24, 2.45) is 0 Å². The summed E-state index contributed by atoms with van der Waals surface area (Å²) in [4.78, 5) is 0. The van der Waals surface area contributed by atoms with Crippen molar-refractivity contribution in [2.75, 3.05) is 0 Å². The van der Waals surface area contributed by atoms with Gasteiger partial charge in [0, 0.05) is 32.7 Å². The van der Waals surface area contributed by atoms with Gasteiger partial charge in [-0.25, -0.2) is 0 Å². The molecule has 0 radical (unpaired) electrons. The molecule has 0 fully saturated rings. The van der Waals surface area contributed by atoms with Crippen LogP contribution in [0.5, 0.6) is 0 Å². The molecule has 0 atom stereocenters. The molecule has 4 aromatic heterocycles. The first-order valence-corrected chi connectivity index (χ1v) is 18.6. The highest BCUT2D eigenvalue weighted by molar-refractivity contribution is 6.12. The van der Waals surface area contributed by atoms with E-state index >= 15 is 0 Å². The van der Waals surface area contributed by atoms with Crippen molar-refractivity contribution in [1.29, 1.82) is 0 Å². The lowest BCUT2D eigenvalue weighted by Gasteiger charge is -2.19. The molecule has 0 aliphatic rings. The van der Waals surface area contributed by atoms with Crippen molar-refractivity contribution in [3.8, 4) is 57.2 Å². The first kappa shape index (κ1) is 31.9. The van der Waals surface area contributed by atoms with Crippen LogP contribution in [0.2, 0.25) is 0 Å². The van der Waals surface area contributed by atoms with Gasteiger partial charge in [0.15, 0.2) is 0 Å². The number of fused-ring (bicyclic) bond motifs is 6. The molecule has 11 rings (SSSR count). The van der Waals surface area contributed by atoms with Gasteiger partial charge in [-0.2, -0.15) is 0 Å². The predicted octanol–water partition coefficient (Wildman–Crippen LogP) is 11.9. The summed E-state index contributed by atoms with van der Waals surface area (Å²) >= 11 is 0. The minimum atomic E-state index is 0.335. The fraction of sp³-hybridized carbons (Fsp3) is 0.0417. The van der Waals surface area contributed by atoms with E-state index in [1.54, 1.807) is 0 Å². The zero-order valence-corrected chi connectivity index (χ0v) is 30.5. The van der Waals surface area contributed by atoms with E-state index in [-0.39, 0.29) is 0 Å². The van der Waals surface area contributed by atoms with E-state index in [0.29, 0.717) is 34.7 Å². The van der Waals surface area contributed by atoms with Crippen molar-refractivity contribution >= 4 is 43.6 Å². The van der Waals surface area contributed by atoms with Gasteiger partial charge in [0.1, 0.15) is 0 Å². The average Bonchev–Trinajstić information content (AvgIpc) is 4.05. The second kappa shape index (κ2) is 12.5. The number of benzene rings is 7. The minimum absolute atomic E-state index is 0.335. The van der Waals surface area contributed by atoms with Crippen LogP contribution in [0.1, 0.15) is 11.1 Å². The molecule has 4 heterocycles. The van der Waals surface area contributed by atoms with Crippen molar-refractivity contribution in [3.05, 3.63) is 169 Å². The molecule has 0 saturated heterocycles. The van der Waals surface area contributed by atoms with Gasteiger partial charge in [-0.1, -0.05) is 108 Å². The maximum atomic E-state index is 6.55. The van der Waals surface area contributed by atoms with Crippen LogP contribution < -0.4 is 0 Å². The normalized spacial score (nSPS) is 11.8. The molecular formula is C48H32N6O2. The summed E-state index contributed by atoms with van der Waals surface area (Å²) in [5, 5.41) is 23.0. The Morgan fingerprint density at radius 2 is 0.661 bits per heavy atom. The third-order valence-electron chi connectivity index (χ3n) is 10.7. The molecular weight excluding hydrogens is 693 g/mol. The zero-order valence-electron chi connectivity index (χ0n) is 30.5. The van der Waals surface area contributed by atoms with Gasteiger partial charge in [0.05, 0.1) is 44.6 Å². The largest absolute Gasteiger partial charge is 0.416 e. The molecule has 8 heteroatoms. The minimum Gasteiger partial charge on any atom is -0.416 e. The highest BCUT2D eigenvalue weighted by atomic mass is 16.4. The molecule has 0 aliphatic heterocycles. The van der Waals surface area contributed by atoms with E-state index < -0.39 is 0 Å². The molecule has 0 aliphatic carbocycles. The number of aryl methyl sites for hydroxylation is 2. The SMILES string of the molecule is Cc1ccc(-c2nnc(-c3cc(-n4c5ccccc5c5ccccc54)c(-n4c5ccccc5c5ccccc54)cc3-c3nnc(-c4ccc(C)cc4)o3)o2)cc1. The van der Waals surface area contributed by atoms with Gasteiger partial charge < -0.3 is 18.0 Å². The molecule has 0 bridgehead atoms. The third-order valence-corrected chi connectivity index (χ3v) is 10.7. The Kier molecular flexibility index (Phi) is 7.12. The van der Waals surface area contributed by atoms with Crippen LogP contribution in [0.25, 0.3) is 101 Å². The molecule has 7 aromatic carbocycles. The first-order valence-electron chi connectivity index (χ1n) is 18.6. The van der Waals surface area contributed by atoms with E-state index in [9.17, 15) is 0 Å². The lowest BCUT2D eigenvalue weighted by Crippen LogP contribution is -2.05. The molecule has 8 nitrogen and oxygen atoms in total. The topological polar surface area (TPSA) is 87.7 Å². The number of para-hydroxylation sites is 4. The van der Waals surface area contributed by atoms with E-state index in [4.69, 9.17) is 8.83 Å². The smallest absolute Gasteiger partial charge is 0.249 e. The Morgan fingerprint density at radius 3 is 1.00 bits per heavy atom. The Labute approximate surface area is 320 Å². The molecule has 266 valence electrons. The maximum absolute atomic E-state index is 6.55. The monoisotopic (exact) mass is 724 g/mol. The zero-order chi connectivity index (χ0) is 37.3. The summed E-state index contributed by atoms with van der Waals surface area (Å²) in [5.74, 6) is 1.51. The summed E-state index contributed by atoms with van der Waals surface area (Å²) in [6, 6.07) is 54.5. The van der Waals surface area contributed by atoms with E-state index in [1.165, 1.54) is 0 Å². The molecule has 0 amide bonds. The predicted molar refractivity (Wildman–Crippen MR) is 222 cm³/mol. The Morgan fingerprint density at radius 1 is 0.357 bits per heavy atom. The van der Waals surface area contributed by atoms with Gasteiger partial charge >= 0.3 is 0 Å². The van der Waals surface area contributed by atoms with Gasteiger partial charge in [-0.3, -0.25) is 0 Å². The van der Waals surface area contributed by atoms with E-state index in [0.717, 1.165) is 77.2 Å². The van der Waals surface area contributed by atoms with Crippen molar-refractivity contribution in [1.82, 2.24) is 29.5 Å². The Balaban J connectivity index is 1.26. The number of aromatic nitrogens is 6. The Hall–Kier alpha value is -7.58. The molecule has 0 saturated carbocycles. The summed E-state index contributed by atoms with van der Waals surface area (Å²) in [7, 11) is 0. The highest BCUT2D eigenvalue weighted by Gasteiger charge is 2.27. The van der Waals surface area contributed by atoms with E-state index in [1.807, 2.05) is 48.5 Å². The number of hydrogen-bond acceptors (Lipinski definition) is 6. The van der Waals surface area contributed by atoms with Crippen LogP contribution in [0.3, 0.4) is 0 Å². The van der Waals surface area contributed by atoms with Crippen LogP contribution in [-0.4, -0.2) is 29.5 Å². The molecule has 0 unspecified atom stereocenters. The Bertz CT molecular complexity index is 2950. The highest BCUT2D eigenvalue weighted by Crippen LogP contribution is 2.43. The fourth-order valence-electron chi connectivity index (χ4n) is 7.94. The quantitative estimate of drug-likeness (QED) is 0.170. The van der Waals surface area contributed by atoms with Crippen LogP contribution in [0.15, 0.2) is 167 Å². The number of nitrogens with zero attached hydrogens (tertiary/aromatic N) is 6. The van der Waals surface area contributed by atoms with Crippen LogP contribution in [0.4, 0.5) is 0 Å². The molecule has 0 spiro atoms. The van der Waals surface area contributed by atoms with Crippen LogP contribution in [-0.2, 0) is 0 Å². The first-order chi connectivity index (χ1) is 27.6. The van der Waals surface area contributed by atoms with Crippen molar-refractivity contribution < 1.29 is 8.83 Å². The van der Waals surface area contributed by atoms with Crippen LogP contribution >= 0.6 is 0 Å². The molecule has 11 aromatic rings. The average molecular weight is 725 g/mol. The van der Waals surface area contributed by atoms with Gasteiger partial charge in [-0.05, 0) is 74.5 Å². The number of hydrogen-bond donors (Lipinski definition) is 0. The summed E-state index contributed by atoms with van der Waals surface area (Å²) in [6.45, 7) is 4.11. The standard InChI is InChI=1S/C48H32N6O2/c1-29-19-23-31(24-20-29)45-49-51-47(55-45)37-27-43(53-39-15-7-3-11-33(39)34-12-4-8-16-40(34)53)44(54-41-17-9-5-13-35(41)36-14-6-10-18-42(36)54)28-38(37)48-52-50-46(56-48)32-25-21-30(2)22-26-32/h3-28H,1-2H3. The lowest BCUT2D eigenvalue weighted by molar-refractivity contribution is 0.577. The van der Waals surface area contributed by atoms with Crippen LogP contribution in [0, 0.1) is 13.8 Å². The second-order valence-electron chi connectivity index (χ2n) is 14.2. The summed E-state index contributed by atoms with van der Waals surface area (Å²) in [5.41, 5.74) is 11.4. The third kappa shape index (κ3) is 5.00. The van der Waals surface area contributed by atoms with Crippen molar-refractivity contribution in [2.45, 2.75) is 13.8 Å². The summed E-state index contributed by atoms with van der Waals surface area (Å²) in [6.07, 6.45) is 0. The van der Waals surface area contributed by atoms with Gasteiger partial charge in [0.25, 0.3) is 0 Å². The number of rotatable bonds is 6.